The van der Waals surface area contributed by atoms with Crippen molar-refractivity contribution in [2.75, 3.05) is 7.11 Å². The molecule has 0 atom stereocenters. The SMILES string of the molecule is COc1ccc(CCC(=O)c2c(O)cc(O)c(O)c2O)cc1. The van der Waals surface area contributed by atoms with Crippen LogP contribution in [-0.4, -0.2) is 33.3 Å². The molecule has 0 bridgehead atoms. The molecule has 0 saturated carbocycles. The molecule has 2 aromatic rings. The summed E-state index contributed by atoms with van der Waals surface area (Å²) in [5.41, 5.74) is 0.486. The molecular formula is C16H16O6. The van der Waals surface area contributed by atoms with Crippen LogP contribution < -0.4 is 4.74 Å². The molecule has 0 aliphatic rings. The summed E-state index contributed by atoms with van der Waals surface area (Å²) in [6.07, 6.45) is 0.418. The van der Waals surface area contributed by atoms with Crippen LogP contribution in [0.5, 0.6) is 28.7 Å². The van der Waals surface area contributed by atoms with Gasteiger partial charge in [-0.05, 0) is 24.1 Å². The minimum absolute atomic E-state index is 0.0255. The third-order valence-corrected chi connectivity index (χ3v) is 3.31. The smallest absolute Gasteiger partial charge is 0.201 e. The van der Waals surface area contributed by atoms with E-state index in [1.165, 1.54) is 0 Å². The number of aromatic hydroxyl groups is 4. The molecule has 0 aliphatic heterocycles. The second-order valence-corrected chi connectivity index (χ2v) is 4.76. The number of phenols is 4. The van der Waals surface area contributed by atoms with Gasteiger partial charge in [-0.1, -0.05) is 12.1 Å². The maximum atomic E-state index is 12.1. The van der Waals surface area contributed by atoms with Gasteiger partial charge in [0.05, 0.1) is 7.11 Å². The number of ketones is 1. The van der Waals surface area contributed by atoms with Gasteiger partial charge in [0, 0.05) is 12.5 Å². The second kappa shape index (κ2) is 6.26. The highest BCUT2D eigenvalue weighted by atomic mass is 16.5. The van der Waals surface area contributed by atoms with E-state index < -0.39 is 34.3 Å². The first-order valence-corrected chi connectivity index (χ1v) is 6.57. The van der Waals surface area contributed by atoms with E-state index in [2.05, 4.69) is 0 Å². The van der Waals surface area contributed by atoms with E-state index in [1.54, 1.807) is 31.4 Å². The Morgan fingerprint density at radius 3 is 2.23 bits per heavy atom. The van der Waals surface area contributed by atoms with Gasteiger partial charge >= 0.3 is 0 Å². The molecule has 116 valence electrons. The van der Waals surface area contributed by atoms with Crippen LogP contribution in [0.15, 0.2) is 30.3 Å². The molecule has 0 unspecified atom stereocenters. The number of rotatable bonds is 5. The maximum Gasteiger partial charge on any atom is 0.201 e. The number of carbonyl (C=O) groups is 1. The van der Waals surface area contributed by atoms with E-state index in [-0.39, 0.29) is 6.42 Å². The van der Waals surface area contributed by atoms with Crippen molar-refractivity contribution < 1.29 is 30.0 Å². The Hall–Kier alpha value is -2.89. The molecule has 0 saturated heterocycles. The van der Waals surface area contributed by atoms with Crippen molar-refractivity contribution >= 4 is 5.78 Å². The molecule has 22 heavy (non-hydrogen) atoms. The predicted molar refractivity (Wildman–Crippen MR) is 78.7 cm³/mol. The van der Waals surface area contributed by atoms with Crippen LogP contribution in [0.3, 0.4) is 0 Å². The number of ether oxygens (including phenoxy) is 1. The fraction of sp³-hybridized carbons (Fsp3) is 0.188. The minimum Gasteiger partial charge on any atom is -0.507 e. The van der Waals surface area contributed by atoms with Crippen molar-refractivity contribution in [1.82, 2.24) is 0 Å². The number of hydrogen-bond acceptors (Lipinski definition) is 6. The zero-order chi connectivity index (χ0) is 16.3. The number of benzene rings is 2. The van der Waals surface area contributed by atoms with Crippen molar-refractivity contribution in [1.29, 1.82) is 0 Å². The molecule has 0 heterocycles. The number of phenolic OH excluding ortho intramolecular Hbond substituents is 4. The largest absolute Gasteiger partial charge is 0.507 e. The van der Waals surface area contributed by atoms with Crippen LogP contribution in [0.2, 0.25) is 0 Å². The normalized spacial score (nSPS) is 10.4. The van der Waals surface area contributed by atoms with Crippen LogP contribution in [0.25, 0.3) is 0 Å². The van der Waals surface area contributed by atoms with Crippen LogP contribution in [0.1, 0.15) is 22.3 Å². The number of Topliss-reactive ketones (excluding diaryl/α,β-unsaturated/α-hetero) is 1. The van der Waals surface area contributed by atoms with Crippen molar-refractivity contribution in [2.45, 2.75) is 12.8 Å². The molecule has 0 radical (unpaired) electrons. The van der Waals surface area contributed by atoms with Crippen molar-refractivity contribution in [3.63, 3.8) is 0 Å². The first-order valence-electron chi connectivity index (χ1n) is 6.57. The van der Waals surface area contributed by atoms with Gasteiger partial charge in [-0.3, -0.25) is 4.79 Å². The highest BCUT2D eigenvalue weighted by Gasteiger charge is 2.22. The zero-order valence-electron chi connectivity index (χ0n) is 11.9. The monoisotopic (exact) mass is 304 g/mol. The van der Waals surface area contributed by atoms with Gasteiger partial charge in [0.1, 0.15) is 17.1 Å². The molecule has 0 fully saturated rings. The van der Waals surface area contributed by atoms with Gasteiger partial charge in [0.25, 0.3) is 0 Å². The number of aryl methyl sites for hydroxylation is 1. The van der Waals surface area contributed by atoms with Crippen LogP contribution in [0, 0.1) is 0 Å². The summed E-state index contributed by atoms with van der Waals surface area (Å²) >= 11 is 0. The Bertz CT molecular complexity index is 691. The summed E-state index contributed by atoms with van der Waals surface area (Å²) in [4.78, 5) is 12.1. The van der Waals surface area contributed by atoms with Crippen molar-refractivity contribution in [3.05, 3.63) is 41.5 Å². The molecule has 6 nitrogen and oxygen atoms in total. The molecule has 0 amide bonds. The van der Waals surface area contributed by atoms with E-state index in [0.717, 1.165) is 11.6 Å². The fourth-order valence-electron chi connectivity index (χ4n) is 2.08. The van der Waals surface area contributed by atoms with Crippen LogP contribution in [0.4, 0.5) is 0 Å². The lowest BCUT2D eigenvalue weighted by atomic mass is 10.0. The van der Waals surface area contributed by atoms with Gasteiger partial charge in [-0.15, -0.1) is 0 Å². The Morgan fingerprint density at radius 1 is 1.00 bits per heavy atom. The number of hydrogen-bond donors (Lipinski definition) is 4. The third kappa shape index (κ3) is 3.06. The Morgan fingerprint density at radius 2 is 1.64 bits per heavy atom. The standard InChI is InChI=1S/C16H16O6/c1-22-10-5-2-9(3-6-10)4-7-11(17)14-12(18)8-13(19)15(20)16(14)21/h2-3,5-6,8,18-21H,4,7H2,1H3. The van der Waals surface area contributed by atoms with Crippen LogP contribution in [-0.2, 0) is 6.42 Å². The average Bonchev–Trinajstić information content (AvgIpc) is 2.51. The topological polar surface area (TPSA) is 107 Å². The van der Waals surface area contributed by atoms with E-state index in [0.29, 0.717) is 12.2 Å². The quantitative estimate of drug-likeness (QED) is 0.384. The molecule has 6 heteroatoms. The lowest BCUT2D eigenvalue weighted by Crippen LogP contribution is -2.02. The molecule has 2 aromatic carbocycles. The van der Waals surface area contributed by atoms with Gasteiger partial charge < -0.3 is 25.2 Å². The second-order valence-electron chi connectivity index (χ2n) is 4.76. The third-order valence-electron chi connectivity index (χ3n) is 3.31. The van der Waals surface area contributed by atoms with E-state index >= 15 is 0 Å². The zero-order valence-corrected chi connectivity index (χ0v) is 11.9. The van der Waals surface area contributed by atoms with E-state index in [4.69, 9.17) is 4.74 Å². The van der Waals surface area contributed by atoms with Crippen molar-refractivity contribution in [3.8, 4) is 28.7 Å². The van der Waals surface area contributed by atoms with Gasteiger partial charge in [0.2, 0.25) is 5.75 Å². The molecule has 0 spiro atoms. The minimum atomic E-state index is -0.828. The van der Waals surface area contributed by atoms with Gasteiger partial charge in [0.15, 0.2) is 17.3 Å². The summed E-state index contributed by atoms with van der Waals surface area (Å²) in [6, 6.07) is 7.96. The summed E-state index contributed by atoms with van der Waals surface area (Å²) in [5, 5.41) is 38.0. The summed E-state index contributed by atoms with van der Waals surface area (Å²) in [5.74, 6) is -2.76. The first kappa shape index (κ1) is 15.5. The Kier molecular flexibility index (Phi) is 4.41. The van der Waals surface area contributed by atoms with Gasteiger partial charge in [-0.2, -0.15) is 0 Å². The number of methoxy groups -OCH3 is 1. The maximum absolute atomic E-state index is 12.1. The first-order chi connectivity index (χ1) is 10.4. The molecular weight excluding hydrogens is 288 g/mol. The van der Waals surface area contributed by atoms with E-state index in [1.807, 2.05) is 0 Å². The molecule has 4 N–H and O–H groups in total. The Labute approximate surface area is 126 Å². The lowest BCUT2D eigenvalue weighted by Gasteiger charge is -2.09. The fourth-order valence-corrected chi connectivity index (χ4v) is 2.08. The molecule has 2 rings (SSSR count). The van der Waals surface area contributed by atoms with Crippen molar-refractivity contribution in [2.24, 2.45) is 0 Å². The predicted octanol–water partition coefficient (Wildman–Crippen LogP) is 2.33. The highest BCUT2D eigenvalue weighted by Crippen LogP contribution is 2.43. The summed E-state index contributed by atoms with van der Waals surface area (Å²) < 4.78 is 5.04. The highest BCUT2D eigenvalue weighted by molar-refractivity contribution is 6.02. The number of carbonyl (C=O) groups excluding carboxylic acids is 1. The summed E-state index contributed by atoms with van der Waals surface area (Å²) in [6.45, 7) is 0. The molecule has 0 aliphatic carbocycles. The van der Waals surface area contributed by atoms with Gasteiger partial charge in [-0.25, -0.2) is 0 Å². The summed E-state index contributed by atoms with van der Waals surface area (Å²) in [7, 11) is 1.56. The lowest BCUT2D eigenvalue weighted by molar-refractivity contribution is 0.0976. The average molecular weight is 304 g/mol. The van der Waals surface area contributed by atoms with Crippen LogP contribution >= 0.6 is 0 Å². The molecule has 0 aromatic heterocycles. The van der Waals surface area contributed by atoms with E-state index in [9.17, 15) is 25.2 Å². The Balaban J connectivity index is 2.14.